The van der Waals surface area contributed by atoms with Crippen molar-refractivity contribution in [3.8, 4) is 11.3 Å². The molecule has 0 aliphatic carbocycles. The summed E-state index contributed by atoms with van der Waals surface area (Å²) in [5.74, 6) is 0.975. The van der Waals surface area contributed by atoms with E-state index < -0.39 is 0 Å². The standard InChI is InChI=1S/C21H27N5/c1-4-7-17(10-11-22)19-20(18-9-6-5-8-16(18)2)23-24-21(19)26-14-12-25(3)13-15-26/h4-11H,1,12-15,22H2,2-3H3,(H,23,24)/b11-10-,17-7+. The Bertz CT molecular complexity index is 823. The van der Waals surface area contributed by atoms with Gasteiger partial charge in [-0.1, -0.05) is 43.0 Å². The van der Waals surface area contributed by atoms with Crippen LogP contribution in [0.5, 0.6) is 0 Å². The SMILES string of the molecule is C=C/C=C(\C=C/N)c1c(N2CCN(C)CC2)n[nH]c1-c1ccccc1C. The second-order valence-electron chi connectivity index (χ2n) is 6.62. The second kappa shape index (κ2) is 8.06. The van der Waals surface area contributed by atoms with Crippen LogP contribution in [0.4, 0.5) is 5.82 Å². The van der Waals surface area contributed by atoms with Gasteiger partial charge in [-0.2, -0.15) is 5.10 Å². The lowest BCUT2D eigenvalue weighted by atomic mass is 9.97. The smallest absolute Gasteiger partial charge is 0.159 e. The molecule has 0 spiro atoms. The molecule has 5 nitrogen and oxygen atoms in total. The zero-order valence-electron chi connectivity index (χ0n) is 15.6. The first kappa shape index (κ1) is 18.0. The van der Waals surface area contributed by atoms with Gasteiger partial charge in [0.25, 0.3) is 0 Å². The van der Waals surface area contributed by atoms with Gasteiger partial charge in [0.1, 0.15) is 0 Å². The predicted octanol–water partition coefficient (Wildman–Crippen LogP) is 3.18. The van der Waals surface area contributed by atoms with Gasteiger partial charge in [0.15, 0.2) is 5.82 Å². The van der Waals surface area contributed by atoms with Crippen molar-refractivity contribution in [3.63, 3.8) is 0 Å². The average molecular weight is 349 g/mol. The van der Waals surface area contributed by atoms with Crippen LogP contribution in [-0.2, 0) is 0 Å². The number of nitrogens with zero attached hydrogens (tertiary/aromatic N) is 3. The number of aromatic amines is 1. The number of allylic oxidation sites excluding steroid dienone is 4. The maximum Gasteiger partial charge on any atom is 0.159 e. The Kier molecular flexibility index (Phi) is 5.58. The molecule has 136 valence electrons. The summed E-state index contributed by atoms with van der Waals surface area (Å²) in [4.78, 5) is 4.68. The van der Waals surface area contributed by atoms with Crippen molar-refractivity contribution in [1.29, 1.82) is 0 Å². The van der Waals surface area contributed by atoms with Crippen LogP contribution in [0, 0.1) is 6.92 Å². The van der Waals surface area contributed by atoms with E-state index in [1.807, 2.05) is 12.2 Å². The summed E-state index contributed by atoms with van der Waals surface area (Å²) in [6.07, 6.45) is 7.25. The molecule has 1 aliphatic rings. The molecule has 0 unspecified atom stereocenters. The number of anilines is 1. The number of benzene rings is 1. The third-order valence-corrected chi connectivity index (χ3v) is 4.83. The van der Waals surface area contributed by atoms with Crippen molar-refractivity contribution in [2.45, 2.75) is 6.92 Å². The zero-order valence-corrected chi connectivity index (χ0v) is 15.6. The highest BCUT2D eigenvalue weighted by atomic mass is 15.3. The lowest BCUT2D eigenvalue weighted by Gasteiger charge is -2.33. The van der Waals surface area contributed by atoms with Gasteiger partial charge in [0, 0.05) is 31.7 Å². The first-order valence-electron chi connectivity index (χ1n) is 8.95. The van der Waals surface area contributed by atoms with Crippen molar-refractivity contribution in [1.82, 2.24) is 15.1 Å². The summed E-state index contributed by atoms with van der Waals surface area (Å²) in [6.45, 7) is 9.94. The first-order chi connectivity index (χ1) is 12.7. The van der Waals surface area contributed by atoms with Crippen LogP contribution >= 0.6 is 0 Å². The minimum Gasteiger partial charge on any atom is -0.405 e. The van der Waals surface area contributed by atoms with Gasteiger partial charge < -0.3 is 15.5 Å². The molecule has 3 rings (SSSR count). The van der Waals surface area contributed by atoms with E-state index in [-0.39, 0.29) is 0 Å². The Labute approximate surface area is 155 Å². The van der Waals surface area contributed by atoms with Crippen molar-refractivity contribution >= 4 is 11.4 Å². The molecule has 2 heterocycles. The molecule has 0 saturated carbocycles. The molecule has 0 radical (unpaired) electrons. The van der Waals surface area contributed by atoms with Crippen LogP contribution in [0.1, 0.15) is 11.1 Å². The summed E-state index contributed by atoms with van der Waals surface area (Å²) >= 11 is 0. The maximum atomic E-state index is 5.72. The zero-order chi connectivity index (χ0) is 18.5. The highest BCUT2D eigenvalue weighted by Crippen LogP contribution is 2.36. The Balaban J connectivity index is 2.15. The number of aromatic nitrogens is 2. The minimum absolute atomic E-state index is 0.954. The van der Waals surface area contributed by atoms with Crippen molar-refractivity contribution in [3.05, 3.63) is 66.4 Å². The average Bonchev–Trinajstić information content (AvgIpc) is 3.07. The molecular formula is C21H27N5. The molecular weight excluding hydrogens is 322 g/mol. The van der Waals surface area contributed by atoms with E-state index in [9.17, 15) is 0 Å². The predicted molar refractivity (Wildman–Crippen MR) is 110 cm³/mol. The van der Waals surface area contributed by atoms with E-state index in [4.69, 9.17) is 10.8 Å². The number of rotatable bonds is 5. The van der Waals surface area contributed by atoms with Crippen LogP contribution < -0.4 is 10.6 Å². The van der Waals surface area contributed by atoms with Crippen molar-refractivity contribution in [2.75, 3.05) is 38.1 Å². The molecule has 2 aromatic rings. The van der Waals surface area contributed by atoms with E-state index in [2.05, 4.69) is 59.7 Å². The van der Waals surface area contributed by atoms with E-state index in [1.165, 1.54) is 5.56 Å². The monoisotopic (exact) mass is 349 g/mol. The van der Waals surface area contributed by atoms with Gasteiger partial charge in [-0.05, 0) is 37.4 Å². The van der Waals surface area contributed by atoms with Gasteiger partial charge in [-0.15, -0.1) is 0 Å². The lowest BCUT2D eigenvalue weighted by Crippen LogP contribution is -2.45. The molecule has 1 saturated heterocycles. The third-order valence-electron chi connectivity index (χ3n) is 4.83. The fraction of sp³-hybridized carbons (Fsp3) is 0.286. The molecule has 1 aromatic heterocycles. The van der Waals surface area contributed by atoms with E-state index in [1.54, 1.807) is 12.3 Å². The second-order valence-corrected chi connectivity index (χ2v) is 6.62. The number of likely N-dealkylation sites (N-methyl/N-ethyl adjacent to an activating group) is 1. The number of nitrogens with one attached hydrogen (secondary N) is 1. The minimum atomic E-state index is 0.954. The molecule has 26 heavy (non-hydrogen) atoms. The topological polar surface area (TPSA) is 61.2 Å². The molecule has 1 aliphatic heterocycles. The van der Waals surface area contributed by atoms with Crippen LogP contribution in [0.15, 0.2) is 55.3 Å². The summed E-state index contributed by atoms with van der Waals surface area (Å²) in [6, 6.07) is 8.34. The normalized spacial score (nSPS) is 16.4. The van der Waals surface area contributed by atoms with Crippen LogP contribution in [0.25, 0.3) is 16.8 Å². The van der Waals surface area contributed by atoms with Gasteiger partial charge in [-0.3, -0.25) is 5.10 Å². The highest BCUT2D eigenvalue weighted by Gasteiger charge is 2.24. The summed E-state index contributed by atoms with van der Waals surface area (Å²) < 4.78 is 0. The molecule has 3 N–H and O–H groups in total. The molecule has 0 amide bonds. The quantitative estimate of drug-likeness (QED) is 0.814. The number of H-pyrrole nitrogens is 1. The Morgan fingerprint density at radius 2 is 1.96 bits per heavy atom. The Hall–Kier alpha value is -2.79. The van der Waals surface area contributed by atoms with Gasteiger partial charge in [0.05, 0.1) is 11.3 Å². The molecule has 0 bridgehead atoms. The summed E-state index contributed by atoms with van der Waals surface area (Å²) in [5, 5.41) is 7.98. The molecule has 1 aromatic carbocycles. The van der Waals surface area contributed by atoms with Crippen LogP contribution in [0.3, 0.4) is 0 Å². The van der Waals surface area contributed by atoms with E-state index in [0.29, 0.717) is 0 Å². The van der Waals surface area contributed by atoms with Gasteiger partial charge >= 0.3 is 0 Å². The molecule has 1 fully saturated rings. The van der Waals surface area contributed by atoms with Gasteiger partial charge in [-0.25, -0.2) is 0 Å². The van der Waals surface area contributed by atoms with Crippen LogP contribution in [-0.4, -0.2) is 48.3 Å². The molecule has 5 heteroatoms. The largest absolute Gasteiger partial charge is 0.405 e. The van der Waals surface area contributed by atoms with E-state index >= 15 is 0 Å². The van der Waals surface area contributed by atoms with Crippen molar-refractivity contribution < 1.29 is 0 Å². The fourth-order valence-corrected chi connectivity index (χ4v) is 3.35. The van der Waals surface area contributed by atoms with Crippen molar-refractivity contribution in [2.24, 2.45) is 5.73 Å². The van der Waals surface area contributed by atoms with E-state index in [0.717, 1.165) is 54.4 Å². The summed E-state index contributed by atoms with van der Waals surface area (Å²) in [5.41, 5.74) is 11.2. The van der Waals surface area contributed by atoms with Crippen LogP contribution in [0.2, 0.25) is 0 Å². The first-order valence-corrected chi connectivity index (χ1v) is 8.95. The lowest BCUT2D eigenvalue weighted by molar-refractivity contribution is 0.312. The number of piperazine rings is 1. The Morgan fingerprint density at radius 3 is 2.62 bits per heavy atom. The Morgan fingerprint density at radius 1 is 1.23 bits per heavy atom. The third kappa shape index (κ3) is 3.58. The number of aryl methyl sites for hydroxylation is 1. The number of nitrogens with two attached hydrogens (primary N) is 1. The fourth-order valence-electron chi connectivity index (χ4n) is 3.35. The number of hydrogen-bond acceptors (Lipinski definition) is 4. The maximum absolute atomic E-state index is 5.72. The molecule has 0 atom stereocenters. The number of hydrogen-bond donors (Lipinski definition) is 2. The summed E-state index contributed by atoms with van der Waals surface area (Å²) in [7, 11) is 2.15. The van der Waals surface area contributed by atoms with Gasteiger partial charge in [0.2, 0.25) is 0 Å². The highest BCUT2D eigenvalue weighted by molar-refractivity contribution is 5.91.